The van der Waals surface area contributed by atoms with E-state index in [-0.39, 0.29) is 0 Å². The number of benzene rings is 2. The first-order valence-electron chi connectivity index (χ1n) is 5.31. The molecule has 76 valence electrons. The van der Waals surface area contributed by atoms with Crippen LogP contribution in [-0.2, 0) is 0 Å². The lowest BCUT2D eigenvalue weighted by Crippen LogP contribution is -1.72. The number of aromatic nitrogens is 1. The summed E-state index contributed by atoms with van der Waals surface area (Å²) in [5, 5.41) is 4.86. The van der Waals surface area contributed by atoms with Crippen LogP contribution in [0.3, 0.4) is 0 Å². The third kappa shape index (κ3) is 0.865. The molecule has 0 fully saturated rings. The molecule has 0 aliphatic carbocycles. The zero-order valence-corrected chi connectivity index (χ0v) is 8.53. The molecule has 16 heavy (non-hydrogen) atoms. The van der Waals surface area contributed by atoms with E-state index in [0.29, 0.717) is 0 Å². The minimum absolute atomic E-state index is 0.853. The Morgan fingerprint density at radius 3 is 2.81 bits per heavy atom. The molecular formula is C14H9NO. The fourth-order valence-corrected chi connectivity index (χ4v) is 2.36. The van der Waals surface area contributed by atoms with Crippen molar-refractivity contribution in [2.75, 3.05) is 0 Å². The van der Waals surface area contributed by atoms with E-state index in [2.05, 4.69) is 41.4 Å². The van der Waals surface area contributed by atoms with Crippen molar-refractivity contribution in [3.05, 3.63) is 48.7 Å². The lowest BCUT2D eigenvalue weighted by atomic mass is 10.1. The number of furan rings is 1. The zero-order chi connectivity index (χ0) is 10.5. The first-order chi connectivity index (χ1) is 7.93. The Bertz CT molecular complexity index is 807. The molecule has 2 aromatic heterocycles. The molecule has 4 aromatic rings. The number of H-pyrrole nitrogens is 1. The molecule has 2 heterocycles. The molecule has 1 N–H and O–H groups in total. The van der Waals surface area contributed by atoms with Crippen molar-refractivity contribution >= 4 is 32.8 Å². The average molecular weight is 207 g/mol. The Balaban J connectivity index is 2.41. The van der Waals surface area contributed by atoms with Crippen molar-refractivity contribution < 1.29 is 4.42 Å². The largest absolute Gasteiger partial charge is 0.440 e. The lowest BCUT2D eigenvalue weighted by Gasteiger charge is -1.97. The highest BCUT2D eigenvalue weighted by atomic mass is 16.3. The van der Waals surface area contributed by atoms with E-state index >= 15 is 0 Å². The second kappa shape index (κ2) is 2.67. The first kappa shape index (κ1) is 7.99. The normalized spacial score (nSPS) is 11.8. The highest BCUT2D eigenvalue weighted by Gasteiger charge is 2.09. The van der Waals surface area contributed by atoms with Crippen molar-refractivity contribution in [1.82, 2.24) is 4.98 Å². The number of aromatic amines is 1. The smallest absolute Gasteiger partial charge is 0.205 e. The van der Waals surface area contributed by atoms with Gasteiger partial charge in [-0.1, -0.05) is 30.3 Å². The van der Waals surface area contributed by atoms with Crippen LogP contribution in [0.5, 0.6) is 0 Å². The molecule has 4 rings (SSSR count). The van der Waals surface area contributed by atoms with Gasteiger partial charge in [-0.3, -0.25) is 0 Å². The summed E-state index contributed by atoms with van der Waals surface area (Å²) in [5.74, 6) is 0. The maximum atomic E-state index is 5.74. The molecule has 0 saturated heterocycles. The minimum Gasteiger partial charge on any atom is -0.440 e. The Morgan fingerprint density at radius 2 is 1.81 bits per heavy atom. The van der Waals surface area contributed by atoms with Gasteiger partial charge in [0.15, 0.2) is 0 Å². The van der Waals surface area contributed by atoms with Crippen molar-refractivity contribution in [1.29, 1.82) is 0 Å². The number of hydrogen-bond donors (Lipinski definition) is 1. The van der Waals surface area contributed by atoms with Crippen molar-refractivity contribution in [3.63, 3.8) is 0 Å². The summed E-state index contributed by atoms with van der Waals surface area (Å²) in [6, 6.07) is 14.6. The van der Waals surface area contributed by atoms with Gasteiger partial charge in [0.1, 0.15) is 5.58 Å². The molecule has 0 radical (unpaired) electrons. The van der Waals surface area contributed by atoms with Gasteiger partial charge in [0, 0.05) is 17.0 Å². The summed E-state index contributed by atoms with van der Waals surface area (Å²) in [6.07, 6.45) is 1.91. The first-order valence-corrected chi connectivity index (χ1v) is 5.31. The van der Waals surface area contributed by atoms with E-state index in [1.807, 2.05) is 12.3 Å². The number of rotatable bonds is 0. The van der Waals surface area contributed by atoms with Crippen molar-refractivity contribution in [2.45, 2.75) is 0 Å². The van der Waals surface area contributed by atoms with E-state index in [4.69, 9.17) is 4.42 Å². The lowest BCUT2D eigenvalue weighted by molar-refractivity contribution is 0.656. The monoisotopic (exact) mass is 207 g/mol. The molecule has 0 bridgehead atoms. The van der Waals surface area contributed by atoms with Gasteiger partial charge < -0.3 is 9.40 Å². The summed E-state index contributed by atoms with van der Waals surface area (Å²) in [4.78, 5) is 3.11. The molecule has 0 aliphatic rings. The van der Waals surface area contributed by atoms with Crippen LogP contribution < -0.4 is 0 Å². The van der Waals surface area contributed by atoms with Crippen LogP contribution in [0.25, 0.3) is 32.8 Å². The predicted octanol–water partition coefficient (Wildman–Crippen LogP) is 4.07. The maximum Gasteiger partial charge on any atom is 0.205 e. The SMILES string of the molecule is c1ccc2c(c1)ccc1oc3[nH]ccc3c12. The number of hydrogen-bond acceptors (Lipinski definition) is 1. The van der Waals surface area contributed by atoms with Crippen LogP contribution in [0, 0.1) is 0 Å². The summed E-state index contributed by atoms with van der Waals surface area (Å²) in [5.41, 5.74) is 1.80. The van der Waals surface area contributed by atoms with Crippen LogP contribution in [0.1, 0.15) is 0 Å². The highest BCUT2D eigenvalue weighted by Crippen LogP contribution is 2.33. The molecule has 0 unspecified atom stereocenters. The molecule has 2 aromatic carbocycles. The van der Waals surface area contributed by atoms with E-state index in [9.17, 15) is 0 Å². The maximum absolute atomic E-state index is 5.74. The quantitative estimate of drug-likeness (QED) is 0.462. The Labute approximate surface area is 91.5 Å². The zero-order valence-electron chi connectivity index (χ0n) is 8.53. The Hall–Kier alpha value is -2.22. The summed E-state index contributed by atoms with van der Waals surface area (Å²) < 4.78 is 5.74. The molecule has 0 spiro atoms. The van der Waals surface area contributed by atoms with Gasteiger partial charge in [-0.05, 0) is 22.9 Å². The van der Waals surface area contributed by atoms with Gasteiger partial charge >= 0.3 is 0 Å². The molecular weight excluding hydrogens is 198 g/mol. The van der Waals surface area contributed by atoms with Crippen molar-refractivity contribution in [2.24, 2.45) is 0 Å². The third-order valence-electron chi connectivity index (χ3n) is 3.08. The van der Waals surface area contributed by atoms with Gasteiger partial charge in [0.05, 0.1) is 0 Å². The van der Waals surface area contributed by atoms with E-state index in [0.717, 1.165) is 16.7 Å². The van der Waals surface area contributed by atoms with Crippen LogP contribution in [0.15, 0.2) is 53.1 Å². The third-order valence-corrected chi connectivity index (χ3v) is 3.08. The Morgan fingerprint density at radius 1 is 0.875 bits per heavy atom. The fourth-order valence-electron chi connectivity index (χ4n) is 2.36. The number of fused-ring (bicyclic) bond motifs is 5. The fraction of sp³-hybridized carbons (Fsp3) is 0. The van der Waals surface area contributed by atoms with Crippen LogP contribution >= 0.6 is 0 Å². The van der Waals surface area contributed by atoms with Gasteiger partial charge in [-0.2, -0.15) is 0 Å². The average Bonchev–Trinajstić information content (AvgIpc) is 2.88. The van der Waals surface area contributed by atoms with E-state index < -0.39 is 0 Å². The van der Waals surface area contributed by atoms with Crippen LogP contribution in [0.2, 0.25) is 0 Å². The van der Waals surface area contributed by atoms with Gasteiger partial charge in [-0.25, -0.2) is 0 Å². The van der Waals surface area contributed by atoms with Crippen LogP contribution in [-0.4, -0.2) is 4.98 Å². The van der Waals surface area contributed by atoms with E-state index in [1.54, 1.807) is 0 Å². The van der Waals surface area contributed by atoms with Crippen molar-refractivity contribution in [3.8, 4) is 0 Å². The highest BCUT2D eigenvalue weighted by molar-refractivity contribution is 6.18. The second-order valence-corrected chi connectivity index (χ2v) is 3.98. The molecule has 0 saturated carbocycles. The van der Waals surface area contributed by atoms with Gasteiger partial charge in [0.25, 0.3) is 0 Å². The standard InChI is InChI=1S/C14H9NO/c1-2-4-10-9(3-1)5-6-12-13(10)11-7-8-15-14(11)16-12/h1-8,15H. The molecule has 0 aliphatic heterocycles. The molecule has 2 nitrogen and oxygen atoms in total. The summed E-state index contributed by atoms with van der Waals surface area (Å²) in [6.45, 7) is 0. The van der Waals surface area contributed by atoms with Gasteiger partial charge in [0.2, 0.25) is 5.71 Å². The predicted molar refractivity (Wildman–Crippen MR) is 65.6 cm³/mol. The second-order valence-electron chi connectivity index (χ2n) is 3.98. The summed E-state index contributed by atoms with van der Waals surface area (Å²) in [7, 11) is 0. The van der Waals surface area contributed by atoms with Crippen LogP contribution in [0.4, 0.5) is 0 Å². The number of nitrogens with one attached hydrogen (secondary N) is 1. The topological polar surface area (TPSA) is 28.9 Å². The molecule has 0 atom stereocenters. The molecule has 0 amide bonds. The molecule has 2 heteroatoms. The Kier molecular flexibility index (Phi) is 1.33. The van der Waals surface area contributed by atoms with E-state index in [1.165, 1.54) is 16.2 Å². The van der Waals surface area contributed by atoms with Gasteiger partial charge in [-0.15, -0.1) is 0 Å². The summed E-state index contributed by atoms with van der Waals surface area (Å²) >= 11 is 0. The minimum atomic E-state index is 0.853.